The standard InChI is InChI=1S/C14H21N/c1-11-8-12(2)10-13(9-11)14(3)4-6-15-7-5-14/h8-10,15H,4-7H2,1-3H3. The third-order valence-electron chi connectivity index (χ3n) is 3.63. The lowest BCUT2D eigenvalue weighted by molar-refractivity contribution is 0.335. The van der Waals surface area contributed by atoms with Gasteiger partial charge in [-0.25, -0.2) is 0 Å². The Hall–Kier alpha value is -0.820. The molecule has 1 saturated heterocycles. The lowest BCUT2D eigenvalue weighted by Crippen LogP contribution is -2.37. The van der Waals surface area contributed by atoms with E-state index in [4.69, 9.17) is 0 Å². The number of aryl methyl sites for hydroxylation is 2. The van der Waals surface area contributed by atoms with E-state index in [0.717, 1.165) is 13.1 Å². The predicted molar refractivity (Wildman–Crippen MR) is 65.4 cm³/mol. The lowest BCUT2D eigenvalue weighted by atomic mass is 9.74. The Morgan fingerprint density at radius 1 is 1.00 bits per heavy atom. The average Bonchev–Trinajstić information content (AvgIpc) is 2.17. The van der Waals surface area contributed by atoms with E-state index in [-0.39, 0.29) is 0 Å². The van der Waals surface area contributed by atoms with Crippen LogP contribution in [0.2, 0.25) is 0 Å². The smallest absolute Gasteiger partial charge is 0.00405 e. The van der Waals surface area contributed by atoms with Crippen LogP contribution in [0.15, 0.2) is 18.2 Å². The molecular formula is C14H21N. The molecule has 1 fully saturated rings. The highest BCUT2D eigenvalue weighted by atomic mass is 14.9. The van der Waals surface area contributed by atoms with Crippen molar-refractivity contribution in [3.63, 3.8) is 0 Å². The van der Waals surface area contributed by atoms with Crippen LogP contribution in [0.3, 0.4) is 0 Å². The van der Waals surface area contributed by atoms with Crippen LogP contribution in [-0.4, -0.2) is 13.1 Å². The molecule has 1 aromatic carbocycles. The summed E-state index contributed by atoms with van der Waals surface area (Å²) >= 11 is 0. The number of hydrogen-bond donors (Lipinski definition) is 1. The molecule has 1 nitrogen and oxygen atoms in total. The van der Waals surface area contributed by atoms with Gasteiger partial charge in [-0.15, -0.1) is 0 Å². The van der Waals surface area contributed by atoms with E-state index in [1.54, 1.807) is 0 Å². The summed E-state index contributed by atoms with van der Waals surface area (Å²) in [6.07, 6.45) is 2.52. The van der Waals surface area contributed by atoms with Crippen LogP contribution in [-0.2, 0) is 5.41 Å². The van der Waals surface area contributed by atoms with Gasteiger partial charge in [0.25, 0.3) is 0 Å². The van der Waals surface area contributed by atoms with Gasteiger partial charge in [-0.05, 0) is 50.8 Å². The van der Waals surface area contributed by atoms with E-state index in [1.807, 2.05) is 0 Å². The zero-order chi connectivity index (χ0) is 10.9. The average molecular weight is 203 g/mol. The van der Waals surface area contributed by atoms with E-state index in [9.17, 15) is 0 Å². The van der Waals surface area contributed by atoms with Crippen molar-refractivity contribution < 1.29 is 0 Å². The van der Waals surface area contributed by atoms with Crippen molar-refractivity contribution in [2.75, 3.05) is 13.1 Å². The fourth-order valence-corrected chi connectivity index (χ4v) is 2.59. The normalized spacial score (nSPS) is 20.2. The molecule has 0 bridgehead atoms. The SMILES string of the molecule is Cc1cc(C)cc(C2(C)CCNCC2)c1. The van der Waals surface area contributed by atoms with Crippen LogP contribution in [0.25, 0.3) is 0 Å². The van der Waals surface area contributed by atoms with Crippen LogP contribution < -0.4 is 5.32 Å². The van der Waals surface area contributed by atoms with Gasteiger partial charge in [-0.3, -0.25) is 0 Å². The van der Waals surface area contributed by atoms with Crippen LogP contribution in [0.1, 0.15) is 36.5 Å². The molecule has 0 unspecified atom stereocenters. The summed E-state index contributed by atoms with van der Waals surface area (Å²) in [5.74, 6) is 0. The Morgan fingerprint density at radius 2 is 1.53 bits per heavy atom. The zero-order valence-corrected chi connectivity index (χ0v) is 10.1. The van der Waals surface area contributed by atoms with Crippen LogP contribution >= 0.6 is 0 Å². The number of benzene rings is 1. The highest BCUT2D eigenvalue weighted by Gasteiger charge is 2.28. The molecule has 1 heteroatoms. The monoisotopic (exact) mass is 203 g/mol. The van der Waals surface area contributed by atoms with Gasteiger partial charge in [-0.1, -0.05) is 36.2 Å². The Labute approximate surface area is 92.9 Å². The van der Waals surface area contributed by atoms with Crippen LogP contribution in [0.5, 0.6) is 0 Å². The first kappa shape index (κ1) is 10.7. The van der Waals surface area contributed by atoms with Gasteiger partial charge in [-0.2, -0.15) is 0 Å². The first-order valence-corrected chi connectivity index (χ1v) is 5.90. The largest absolute Gasteiger partial charge is 0.317 e. The van der Waals surface area contributed by atoms with Crippen molar-refractivity contribution in [3.05, 3.63) is 34.9 Å². The third kappa shape index (κ3) is 2.23. The summed E-state index contributed by atoms with van der Waals surface area (Å²) in [6, 6.07) is 6.98. The van der Waals surface area contributed by atoms with Crippen molar-refractivity contribution in [3.8, 4) is 0 Å². The summed E-state index contributed by atoms with van der Waals surface area (Å²) in [7, 11) is 0. The second kappa shape index (κ2) is 3.97. The Bertz CT molecular complexity index is 328. The summed E-state index contributed by atoms with van der Waals surface area (Å²) in [5.41, 5.74) is 4.71. The van der Waals surface area contributed by atoms with E-state index in [0.29, 0.717) is 5.41 Å². The highest BCUT2D eigenvalue weighted by molar-refractivity contribution is 5.34. The second-order valence-corrected chi connectivity index (χ2v) is 5.19. The maximum Gasteiger partial charge on any atom is -0.00405 e. The van der Waals surface area contributed by atoms with Gasteiger partial charge >= 0.3 is 0 Å². The van der Waals surface area contributed by atoms with Gasteiger partial charge in [0.05, 0.1) is 0 Å². The maximum atomic E-state index is 3.44. The first-order valence-electron chi connectivity index (χ1n) is 5.90. The first-order chi connectivity index (χ1) is 7.10. The van der Waals surface area contributed by atoms with Gasteiger partial charge < -0.3 is 5.32 Å². The molecule has 1 aliphatic rings. The van der Waals surface area contributed by atoms with Crippen molar-refractivity contribution in [1.82, 2.24) is 5.32 Å². The number of hydrogen-bond acceptors (Lipinski definition) is 1. The summed E-state index contributed by atoms with van der Waals surface area (Å²) in [5, 5.41) is 3.44. The predicted octanol–water partition coefficient (Wildman–Crippen LogP) is 2.94. The van der Waals surface area contributed by atoms with Gasteiger partial charge in [0.2, 0.25) is 0 Å². The van der Waals surface area contributed by atoms with Crippen molar-refractivity contribution >= 4 is 0 Å². The Kier molecular flexibility index (Phi) is 2.83. The molecule has 0 amide bonds. The van der Waals surface area contributed by atoms with Crippen LogP contribution in [0, 0.1) is 13.8 Å². The third-order valence-corrected chi connectivity index (χ3v) is 3.63. The van der Waals surface area contributed by atoms with Crippen molar-refractivity contribution in [2.24, 2.45) is 0 Å². The zero-order valence-electron chi connectivity index (χ0n) is 10.1. The molecule has 15 heavy (non-hydrogen) atoms. The van der Waals surface area contributed by atoms with E-state index >= 15 is 0 Å². The number of piperidine rings is 1. The minimum absolute atomic E-state index is 0.391. The van der Waals surface area contributed by atoms with E-state index in [2.05, 4.69) is 44.3 Å². The summed E-state index contributed by atoms with van der Waals surface area (Å²) in [6.45, 7) is 9.11. The highest BCUT2D eigenvalue weighted by Crippen LogP contribution is 2.33. The number of nitrogens with one attached hydrogen (secondary N) is 1. The minimum Gasteiger partial charge on any atom is -0.317 e. The molecule has 0 radical (unpaired) electrons. The van der Waals surface area contributed by atoms with Crippen molar-refractivity contribution in [1.29, 1.82) is 0 Å². The number of rotatable bonds is 1. The second-order valence-electron chi connectivity index (χ2n) is 5.19. The molecular weight excluding hydrogens is 182 g/mol. The van der Waals surface area contributed by atoms with Crippen molar-refractivity contribution in [2.45, 2.75) is 39.0 Å². The molecule has 0 aliphatic carbocycles. The van der Waals surface area contributed by atoms with Gasteiger partial charge in [0.1, 0.15) is 0 Å². The molecule has 82 valence electrons. The van der Waals surface area contributed by atoms with Crippen LogP contribution in [0.4, 0.5) is 0 Å². The summed E-state index contributed by atoms with van der Waals surface area (Å²) < 4.78 is 0. The van der Waals surface area contributed by atoms with E-state index < -0.39 is 0 Å². The molecule has 0 aromatic heterocycles. The topological polar surface area (TPSA) is 12.0 Å². The molecule has 0 spiro atoms. The van der Waals surface area contributed by atoms with Gasteiger partial charge in [0.15, 0.2) is 0 Å². The Morgan fingerprint density at radius 3 is 2.07 bits per heavy atom. The van der Waals surface area contributed by atoms with E-state index in [1.165, 1.54) is 29.5 Å². The fourth-order valence-electron chi connectivity index (χ4n) is 2.59. The lowest BCUT2D eigenvalue weighted by Gasteiger charge is -2.35. The molecule has 0 saturated carbocycles. The fraction of sp³-hybridized carbons (Fsp3) is 0.571. The molecule has 2 rings (SSSR count). The maximum absolute atomic E-state index is 3.44. The molecule has 0 atom stereocenters. The summed E-state index contributed by atoms with van der Waals surface area (Å²) in [4.78, 5) is 0. The molecule has 1 aromatic rings. The van der Waals surface area contributed by atoms with Gasteiger partial charge in [0, 0.05) is 0 Å². The minimum atomic E-state index is 0.391. The molecule has 1 heterocycles. The Balaban J connectivity index is 2.34. The molecule has 1 N–H and O–H groups in total. The molecule has 1 aliphatic heterocycles. The quantitative estimate of drug-likeness (QED) is 0.740.